The maximum atomic E-state index is 12.0. The van der Waals surface area contributed by atoms with Gasteiger partial charge in [0.05, 0.1) is 0 Å². The molecule has 1 heterocycles. The lowest BCUT2D eigenvalue weighted by Crippen LogP contribution is -2.11. The number of benzene rings is 1. The van der Waals surface area contributed by atoms with Gasteiger partial charge < -0.3 is 9.15 Å². The van der Waals surface area contributed by atoms with E-state index in [0.29, 0.717) is 23.5 Å². The third kappa shape index (κ3) is 3.63. The summed E-state index contributed by atoms with van der Waals surface area (Å²) in [5.74, 6) is 0.284. The molecule has 1 saturated carbocycles. The standard InChI is InChI=1S/C19H22O4/c1-12-7-16-15(10-19(21)23-17(16)8-13(12)2)11-22-18(20)9-14-5-3-4-6-14/h7-8,10,14H,3-6,9,11H2,1-2H3. The molecular weight excluding hydrogens is 292 g/mol. The van der Waals surface area contributed by atoms with Gasteiger partial charge in [0.15, 0.2) is 0 Å². The Hall–Kier alpha value is -2.10. The van der Waals surface area contributed by atoms with Gasteiger partial charge in [0.2, 0.25) is 0 Å². The highest BCUT2D eigenvalue weighted by molar-refractivity contribution is 5.82. The summed E-state index contributed by atoms with van der Waals surface area (Å²) in [4.78, 5) is 23.7. The summed E-state index contributed by atoms with van der Waals surface area (Å²) >= 11 is 0. The fourth-order valence-electron chi connectivity index (χ4n) is 3.27. The molecule has 0 radical (unpaired) electrons. The number of esters is 1. The zero-order chi connectivity index (χ0) is 16.4. The van der Waals surface area contributed by atoms with E-state index in [1.165, 1.54) is 18.9 Å². The van der Waals surface area contributed by atoms with Crippen LogP contribution in [0.1, 0.15) is 48.8 Å². The van der Waals surface area contributed by atoms with Gasteiger partial charge in [-0.15, -0.1) is 0 Å². The minimum atomic E-state index is -0.414. The Balaban J connectivity index is 1.77. The first kappa shape index (κ1) is 15.8. The third-order valence-corrected chi connectivity index (χ3v) is 4.76. The van der Waals surface area contributed by atoms with E-state index >= 15 is 0 Å². The number of ether oxygens (including phenoxy) is 1. The first-order chi connectivity index (χ1) is 11.0. The van der Waals surface area contributed by atoms with Crippen LogP contribution in [0.5, 0.6) is 0 Å². The van der Waals surface area contributed by atoms with Crippen LogP contribution in [0, 0.1) is 19.8 Å². The van der Waals surface area contributed by atoms with E-state index in [4.69, 9.17) is 9.15 Å². The van der Waals surface area contributed by atoms with E-state index < -0.39 is 5.63 Å². The molecule has 0 amide bonds. The van der Waals surface area contributed by atoms with Crippen molar-refractivity contribution in [3.8, 4) is 0 Å². The summed E-state index contributed by atoms with van der Waals surface area (Å²) < 4.78 is 10.7. The number of hydrogen-bond donors (Lipinski definition) is 0. The van der Waals surface area contributed by atoms with Gasteiger partial charge in [0.1, 0.15) is 12.2 Å². The molecule has 2 aromatic rings. The van der Waals surface area contributed by atoms with Gasteiger partial charge in [0.25, 0.3) is 0 Å². The summed E-state index contributed by atoms with van der Waals surface area (Å²) in [5.41, 5.74) is 3.02. The van der Waals surface area contributed by atoms with Crippen LogP contribution in [0.4, 0.5) is 0 Å². The van der Waals surface area contributed by atoms with Gasteiger partial charge in [-0.1, -0.05) is 12.8 Å². The SMILES string of the molecule is Cc1cc2oc(=O)cc(COC(=O)CC3CCCC3)c2cc1C. The zero-order valence-corrected chi connectivity index (χ0v) is 13.7. The molecule has 1 aliphatic rings. The summed E-state index contributed by atoms with van der Waals surface area (Å²) in [6.45, 7) is 4.11. The van der Waals surface area contributed by atoms with Crippen LogP contribution >= 0.6 is 0 Å². The number of hydrogen-bond acceptors (Lipinski definition) is 4. The summed E-state index contributed by atoms with van der Waals surface area (Å²) in [5, 5.41) is 0.835. The Kier molecular flexibility index (Phi) is 4.51. The Morgan fingerprint density at radius 3 is 2.61 bits per heavy atom. The van der Waals surface area contributed by atoms with Crippen molar-refractivity contribution in [3.05, 3.63) is 45.3 Å². The highest BCUT2D eigenvalue weighted by Crippen LogP contribution is 2.28. The molecule has 4 heteroatoms. The van der Waals surface area contributed by atoms with Gasteiger partial charge in [-0.3, -0.25) is 4.79 Å². The average molecular weight is 314 g/mol. The molecule has 1 aromatic carbocycles. The number of aryl methyl sites for hydroxylation is 2. The Morgan fingerprint density at radius 2 is 1.87 bits per heavy atom. The lowest BCUT2D eigenvalue weighted by atomic mass is 10.0. The summed E-state index contributed by atoms with van der Waals surface area (Å²) in [6.07, 6.45) is 5.14. The molecule has 0 N–H and O–H groups in total. The van der Waals surface area contributed by atoms with Gasteiger partial charge in [-0.25, -0.2) is 4.79 Å². The summed E-state index contributed by atoms with van der Waals surface area (Å²) in [6, 6.07) is 5.25. The van der Waals surface area contributed by atoms with E-state index in [2.05, 4.69) is 0 Å². The number of rotatable bonds is 4. The van der Waals surface area contributed by atoms with Crippen molar-refractivity contribution in [1.29, 1.82) is 0 Å². The molecule has 0 atom stereocenters. The third-order valence-electron chi connectivity index (χ3n) is 4.76. The normalized spacial score (nSPS) is 15.2. The minimum Gasteiger partial charge on any atom is -0.461 e. The highest BCUT2D eigenvalue weighted by atomic mass is 16.5. The fourth-order valence-corrected chi connectivity index (χ4v) is 3.27. The number of fused-ring (bicyclic) bond motifs is 1. The number of carbonyl (C=O) groups is 1. The molecule has 1 aromatic heterocycles. The maximum absolute atomic E-state index is 12.0. The van der Waals surface area contributed by atoms with Crippen molar-refractivity contribution in [1.82, 2.24) is 0 Å². The predicted octanol–water partition coefficient (Wildman–Crippen LogP) is 4.03. The van der Waals surface area contributed by atoms with E-state index in [0.717, 1.165) is 29.4 Å². The molecule has 0 bridgehead atoms. The van der Waals surface area contributed by atoms with Crippen molar-refractivity contribution in [2.75, 3.05) is 0 Å². The van der Waals surface area contributed by atoms with Gasteiger partial charge in [0, 0.05) is 23.4 Å². The Labute approximate surface area is 135 Å². The van der Waals surface area contributed by atoms with Crippen molar-refractivity contribution in [2.24, 2.45) is 5.92 Å². The second kappa shape index (κ2) is 6.57. The molecule has 0 aliphatic heterocycles. The predicted molar refractivity (Wildman–Crippen MR) is 88.3 cm³/mol. The molecule has 0 spiro atoms. The average Bonchev–Trinajstić information content (AvgIpc) is 2.99. The van der Waals surface area contributed by atoms with Crippen LogP contribution in [0.2, 0.25) is 0 Å². The molecule has 4 nitrogen and oxygen atoms in total. The van der Waals surface area contributed by atoms with E-state index in [1.807, 2.05) is 26.0 Å². The van der Waals surface area contributed by atoms with Crippen molar-refractivity contribution in [2.45, 2.75) is 52.6 Å². The monoisotopic (exact) mass is 314 g/mol. The molecule has 3 rings (SSSR count). The molecule has 1 aliphatic carbocycles. The van der Waals surface area contributed by atoms with Crippen LogP contribution in [0.15, 0.2) is 27.4 Å². The van der Waals surface area contributed by atoms with Crippen molar-refractivity contribution in [3.63, 3.8) is 0 Å². The Morgan fingerprint density at radius 1 is 1.17 bits per heavy atom. The molecular formula is C19H22O4. The van der Waals surface area contributed by atoms with Gasteiger partial charge in [-0.05, 0) is 55.9 Å². The lowest BCUT2D eigenvalue weighted by molar-refractivity contribution is -0.146. The molecule has 23 heavy (non-hydrogen) atoms. The van der Waals surface area contributed by atoms with Gasteiger partial charge >= 0.3 is 11.6 Å². The van der Waals surface area contributed by atoms with E-state index in [1.54, 1.807) is 0 Å². The van der Waals surface area contributed by atoms with Crippen LogP contribution in [0.25, 0.3) is 11.0 Å². The van der Waals surface area contributed by atoms with Crippen LogP contribution in [-0.4, -0.2) is 5.97 Å². The van der Waals surface area contributed by atoms with Crippen LogP contribution in [0.3, 0.4) is 0 Å². The molecule has 0 unspecified atom stereocenters. The lowest BCUT2D eigenvalue weighted by Gasteiger charge is -2.11. The maximum Gasteiger partial charge on any atom is 0.336 e. The Bertz CT molecular complexity index is 782. The van der Waals surface area contributed by atoms with E-state index in [9.17, 15) is 9.59 Å². The van der Waals surface area contributed by atoms with Crippen LogP contribution in [-0.2, 0) is 16.1 Å². The highest BCUT2D eigenvalue weighted by Gasteiger charge is 2.19. The molecule has 122 valence electrons. The quantitative estimate of drug-likeness (QED) is 0.631. The second-order valence-electron chi connectivity index (χ2n) is 6.54. The first-order valence-electron chi connectivity index (χ1n) is 8.22. The second-order valence-corrected chi connectivity index (χ2v) is 6.54. The van der Waals surface area contributed by atoms with Crippen LogP contribution < -0.4 is 5.63 Å². The van der Waals surface area contributed by atoms with Crippen molar-refractivity contribution < 1.29 is 13.9 Å². The fraction of sp³-hybridized carbons (Fsp3) is 0.474. The largest absolute Gasteiger partial charge is 0.461 e. The first-order valence-corrected chi connectivity index (χ1v) is 8.22. The topological polar surface area (TPSA) is 56.5 Å². The minimum absolute atomic E-state index is 0.121. The number of carbonyl (C=O) groups excluding carboxylic acids is 1. The molecule has 1 fully saturated rings. The van der Waals surface area contributed by atoms with Gasteiger partial charge in [-0.2, -0.15) is 0 Å². The smallest absolute Gasteiger partial charge is 0.336 e. The zero-order valence-electron chi connectivity index (χ0n) is 13.7. The van der Waals surface area contributed by atoms with Crippen molar-refractivity contribution >= 4 is 16.9 Å². The van der Waals surface area contributed by atoms with E-state index in [-0.39, 0.29) is 12.6 Å². The molecule has 0 saturated heterocycles. The summed E-state index contributed by atoms with van der Waals surface area (Å²) in [7, 11) is 0.